The molecule has 0 saturated carbocycles. The number of benzene rings is 1. The highest BCUT2D eigenvalue weighted by atomic mass is 35.7. The molecule has 0 aliphatic carbocycles. The van der Waals surface area contributed by atoms with E-state index in [9.17, 15) is 17.6 Å². The Bertz CT molecular complexity index is 545. The number of hydrogen-bond acceptors (Lipinski definition) is 3. The number of carbonyl (C=O) groups excluding carboxylic acids is 1. The second-order valence-electron chi connectivity index (χ2n) is 3.69. The molecule has 0 heterocycles. The van der Waals surface area contributed by atoms with Gasteiger partial charge in [0.15, 0.2) is 0 Å². The highest BCUT2D eigenvalue weighted by Gasteiger charge is 2.18. The number of nitrogens with one attached hydrogen (secondary N) is 1. The van der Waals surface area contributed by atoms with Gasteiger partial charge in [-0.25, -0.2) is 12.8 Å². The van der Waals surface area contributed by atoms with Crippen LogP contribution in [0.25, 0.3) is 0 Å². The molecule has 18 heavy (non-hydrogen) atoms. The number of rotatable bonds is 5. The highest BCUT2D eigenvalue weighted by Crippen LogP contribution is 2.20. The molecule has 0 bridgehead atoms. The Morgan fingerprint density at radius 1 is 1.44 bits per heavy atom. The molecule has 0 aliphatic rings. The Balaban J connectivity index is 2.95. The molecule has 1 aromatic rings. The summed E-state index contributed by atoms with van der Waals surface area (Å²) in [6.07, 6.45) is 1.73. The predicted molar refractivity (Wildman–Crippen MR) is 66.7 cm³/mol. The smallest absolute Gasteiger partial charge is 0.264 e. The lowest BCUT2D eigenvalue weighted by molar-refractivity contribution is 0.0953. The molecule has 0 saturated heterocycles. The Labute approximate surface area is 110 Å². The van der Waals surface area contributed by atoms with Crippen molar-refractivity contribution in [2.75, 3.05) is 6.54 Å². The van der Waals surface area contributed by atoms with Crippen molar-refractivity contribution in [2.24, 2.45) is 0 Å². The van der Waals surface area contributed by atoms with Crippen LogP contribution in [0.5, 0.6) is 0 Å². The van der Waals surface area contributed by atoms with Gasteiger partial charge in [-0.15, -0.1) is 0 Å². The molecule has 100 valence electrons. The van der Waals surface area contributed by atoms with Crippen LogP contribution < -0.4 is 5.32 Å². The average molecular weight is 294 g/mol. The first-order valence-corrected chi connectivity index (χ1v) is 7.69. The minimum Gasteiger partial charge on any atom is -0.352 e. The first-order valence-electron chi connectivity index (χ1n) is 5.38. The first kappa shape index (κ1) is 14.9. The van der Waals surface area contributed by atoms with Crippen molar-refractivity contribution in [2.45, 2.75) is 24.7 Å². The third kappa shape index (κ3) is 3.96. The van der Waals surface area contributed by atoms with Crippen LogP contribution in [-0.4, -0.2) is 20.9 Å². The fraction of sp³-hybridized carbons (Fsp3) is 0.364. The Kier molecular flexibility index (Phi) is 5.10. The lowest BCUT2D eigenvalue weighted by atomic mass is 10.2. The van der Waals surface area contributed by atoms with Gasteiger partial charge in [-0.2, -0.15) is 0 Å². The van der Waals surface area contributed by atoms with Crippen LogP contribution in [0.15, 0.2) is 23.1 Å². The van der Waals surface area contributed by atoms with E-state index in [1.165, 1.54) is 6.07 Å². The van der Waals surface area contributed by atoms with Crippen molar-refractivity contribution in [1.82, 2.24) is 5.32 Å². The molecule has 0 aliphatic heterocycles. The van der Waals surface area contributed by atoms with E-state index in [0.717, 1.165) is 25.0 Å². The van der Waals surface area contributed by atoms with E-state index in [4.69, 9.17) is 10.7 Å². The molecular weight excluding hydrogens is 281 g/mol. The number of carbonyl (C=O) groups is 1. The monoisotopic (exact) mass is 293 g/mol. The summed E-state index contributed by atoms with van der Waals surface area (Å²) in [4.78, 5) is 11.0. The van der Waals surface area contributed by atoms with Crippen molar-refractivity contribution < 1.29 is 17.6 Å². The van der Waals surface area contributed by atoms with Crippen LogP contribution in [0.3, 0.4) is 0 Å². The SMILES string of the molecule is CCCCNC(=O)c1ccc(F)c(S(=O)(=O)Cl)c1. The number of amides is 1. The Hall–Kier alpha value is -1.14. The van der Waals surface area contributed by atoms with Gasteiger partial charge >= 0.3 is 0 Å². The topological polar surface area (TPSA) is 63.2 Å². The summed E-state index contributed by atoms with van der Waals surface area (Å²) in [6.45, 7) is 2.46. The van der Waals surface area contributed by atoms with Crippen molar-refractivity contribution in [1.29, 1.82) is 0 Å². The second-order valence-corrected chi connectivity index (χ2v) is 6.23. The van der Waals surface area contributed by atoms with E-state index in [1.54, 1.807) is 0 Å². The van der Waals surface area contributed by atoms with Gasteiger partial charge in [0.25, 0.3) is 15.0 Å². The van der Waals surface area contributed by atoms with Gasteiger partial charge in [0.05, 0.1) is 0 Å². The maximum Gasteiger partial charge on any atom is 0.264 e. The molecule has 0 aromatic heterocycles. The third-order valence-corrected chi connectivity index (χ3v) is 3.61. The van der Waals surface area contributed by atoms with Gasteiger partial charge < -0.3 is 5.32 Å². The zero-order valence-corrected chi connectivity index (χ0v) is 11.3. The number of hydrogen-bond donors (Lipinski definition) is 1. The Morgan fingerprint density at radius 3 is 2.67 bits per heavy atom. The quantitative estimate of drug-likeness (QED) is 0.669. The summed E-state index contributed by atoms with van der Waals surface area (Å²) in [5.41, 5.74) is 0.0618. The fourth-order valence-electron chi connectivity index (χ4n) is 1.31. The number of unbranched alkanes of at least 4 members (excludes halogenated alkanes) is 1. The predicted octanol–water partition coefficient (Wildman–Crippen LogP) is 2.28. The normalized spacial score (nSPS) is 11.3. The van der Waals surface area contributed by atoms with Gasteiger partial charge in [-0.3, -0.25) is 4.79 Å². The molecule has 1 rings (SSSR count). The van der Waals surface area contributed by atoms with Gasteiger partial charge in [0, 0.05) is 22.8 Å². The van der Waals surface area contributed by atoms with Crippen LogP contribution in [0.4, 0.5) is 4.39 Å². The largest absolute Gasteiger partial charge is 0.352 e. The summed E-state index contributed by atoms with van der Waals surface area (Å²) in [5.74, 6) is -1.43. The van der Waals surface area contributed by atoms with E-state index in [2.05, 4.69) is 5.32 Å². The van der Waals surface area contributed by atoms with E-state index < -0.39 is 25.7 Å². The molecule has 1 amide bonds. The van der Waals surface area contributed by atoms with Gasteiger partial charge in [0.2, 0.25) is 0 Å². The van der Waals surface area contributed by atoms with Crippen molar-refractivity contribution in [3.8, 4) is 0 Å². The van der Waals surface area contributed by atoms with Crippen LogP contribution in [-0.2, 0) is 9.05 Å². The van der Waals surface area contributed by atoms with E-state index in [0.29, 0.717) is 6.54 Å². The van der Waals surface area contributed by atoms with Crippen LogP contribution in [0.2, 0.25) is 0 Å². The van der Waals surface area contributed by atoms with E-state index in [1.807, 2.05) is 6.92 Å². The molecule has 0 fully saturated rings. The first-order chi connectivity index (χ1) is 8.36. The minimum absolute atomic E-state index is 0.0618. The highest BCUT2D eigenvalue weighted by molar-refractivity contribution is 8.13. The van der Waals surface area contributed by atoms with E-state index >= 15 is 0 Å². The molecule has 0 atom stereocenters. The van der Waals surface area contributed by atoms with Crippen LogP contribution in [0, 0.1) is 5.82 Å². The second kappa shape index (κ2) is 6.15. The zero-order chi connectivity index (χ0) is 13.8. The molecule has 0 radical (unpaired) electrons. The van der Waals surface area contributed by atoms with Crippen molar-refractivity contribution in [3.63, 3.8) is 0 Å². The van der Waals surface area contributed by atoms with Gasteiger partial charge in [0.1, 0.15) is 10.7 Å². The minimum atomic E-state index is -4.20. The molecule has 1 aromatic carbocycles. The standard InChI is InChI=1S/C11H13ClFNO3S/c1-2-3-6-14-11(15)8-4-5-9(13)10(7-8)18(12,16)17/h4-5,7H,2-3,6H2,1H3,(H,14,15). The summed E-state index contributed by atoms with van der Waals surface area (Å²) in [5, 5.41) is 2.60. The summed E-state index contributed by atoms with van der Waals surface area (Å²) in [6, 6.07) is 3.05. The van der Waals surface area contributed by atoms with Crippen molar-refractivity contribution >= 4 is 25.6 Å². The van der Waals surface area contributed by atoms with Crippen LogP contribution >= 0.6 is 10.7 Å². The number of halogens is 2. The summed E-state index contributed by atoms with van der Waals surface area (Å²) in [7, 11) is 0.870. The molecule has 7 heteroatoms. The molecule has 1 N–H and O–H groups in total. The van der Waals surface area contributed by atoms with E-state index in [-0.39, 0.29) is 5.56 Å². The average Bonchev–Trinajstić information content (AvgIpc) is 2.28. The fourth-order valence-corrected chi connectivity index (χ4v) is 2.24. The van der Waals surface area contributed by atoms with Crippen molar-refractivity contribution in [3.05, 3.63) is 29.6 Å². The molecule has 4 nitrogen and oxygen atoms in total. The lowest BCUT2D eigenvalue weighted by Gasteiger charge is -2.06. The lowest BCUT2D eigenvalue weighted by Crippen LogP contribution is -2.24. The zero-order valence-electron chi connectivity index (χ0n) is 9.74. The maximum atomic E-state index is 13.2. The van der Waals surface area contributed by atoms with Gasteiger partial charge in [-0.1, -0.05) is 13.3 Å². The van der Waals surface area contributed by atoms with Crippen LogP contribution in [0.1, 0.15) is 30.1 Å². The molecule has 0 spiro atoms. The third-order valence-electron chi connectivity index (χ3n) is 2.27. The molecule has 0 unspecified atom stereocenters. The summed E-state index contributed by atoms with van der Waals surface area (Å²) >= 11 is 0. The Morgan fingerprint density at radius 2 is 2.11 bits per heavy atom. The van der Waals surface area contributed by atoms with Gasteiger partial charge in [-0.05, 0) is 24.6 Å². The summed E-state index contributed by atoms with van der Waals surface area (Å²) < 4.78 is 35.4. The molecular formula is C11H13ClFNO3S. The maximum absolute atomic E-state index is 13.2.